The van der Waals surface area contributed by atoms with E-state index in [4.69, 9.17) is 18.9 Å². The Kier molecular flexibility index (Phi) is 6.04. The first-order valence-electron chi connectivity index (χ1n) is 9.35. The number of alkyl halides is 1. The van der Waals surface area contributed by atoms with Crippen molar-refractivity contribution in [3.8, 4) is 0 Å². The largest absolute Gasteiger partial charge is 0.468 e. The zero-order chi connectivity index (χ0) is 24.0. The van der Waals surface area contributed by atoms with E-state index in [-0.39, 0.29) is 22.5 Å². The molecule has 0 aromatic heterocycles. The van der Waals surface area contributed by atoms with E-state index in [0.29, 0.717) is 0 Å². The fraction of sp³-hybridized carbons (Fsp3) is 0.450. The minimum Gasteiger partial charge on any atom is -0.468 e. The highest BCUT2D eigenvalue weighted by molar-refractivity contribution is 9.10. The van der Waals surface area contributed by atoms with Gasteiger partial charge in [-0.15, -0.1) is 0 Å². The van der Waals surface area contributed by atoms with Crippen molar-refractivity contribution in [2.24, 2.45) is 0 Å². The third kappa shape index (κ3) is 3.08. The van der Waals surface area contributed by atoms with Gasteiger partial charge in [-0.1, -0.05) is 28.1 Å². The van der Waals surface area contributed by atoms with Crippen molar-refractivity contribution >= 4 is 39.5 Å². The van der Waals surface area contributed by atoms with Crippen molar-refractivity contribution in [3.05, 3.63) is 51.2 Å². The van der Waals surface area contributed by atoms with Gasteiger partial charge in [-0.25, -0.2) is 9.59 Å². The number of nitro groups is 1. The maximum Gasteiger partial charge on any atom is 0.358 e. The van der Waals surface area contributed by atoms with Gasteiger partial charge >= 0.3 is 17.9 Å². The van der Waals surface area contributed by atoms with Gasteiger partial charge in [0.25, 0.3) is 5.69 Å². The van der Waals surface area contributed by atoms with E-state index in [1.54, 1.807) is 6.92 Å². The van der Waals surface area contributed by atoms with E-state index in [9.17, 15) is 24.5 Å². The molecule has 2 aliphatic heterocycles. The Morgan fingerprint density at radius 3 is 2.44 bits per heavy atom. The van der Waals surface area contributed by atoms with Gasteiger partial charge in [-0.2, -0.15) is 0 Å². The van der Waals surface area contributed by atoms with E-state index in [1.165, 1.54) is 43.2 Å². The minimum absolute atomic E-state index is 0.0203. The Morgan fingerprint density at radius 2 is 1.91 bits per heavy atom. The summed E-state index contributed by atoms with van der Waals surface area (Å²) in [7, 11) is 3.58. The van der Waals surface area contributed by atoms with Crippen molar-refractivity contribution in [1.82, 2.24) is 4.90 Å². The molecule has 2 heterocycles. The van der Waals surface area contributed by atoms with Crippen LogP contribution in [0.15, 0.2) is 35.5 Å². The summed E-state index contributed by atoms with van der Waals surface area (Å²) < 4.78 is 19.1. The van der Waals surface area contributed by atoms with Crippen molar-refractivity contribution in [3.63, 3.8) is 0 Å². The summed E-state index contributed by atoms with van der Waals surface area (Å²) in [5.74, 6) is -3.65. The molecule has 0 N–H and O–H groups in total. The molecule has 0 amide bonds. The second-order valence-corrected chi connectivity index (χ2v) is 8.59. The molecule has 0 bridgehead atoms. The number of nitro benzene ring substituents is 1. The fourth-order valence-corrected chi connectivity index (χ4v) is 5.35. The molecule has 172 valence electrons. The number of hydrogen-bond donors (Lipinski definition) is 0. The van der Waals surface area contributed by atoms with Gasteiger partial charge in [0.2, 0.25) is 12.0 Å². The number of benzene rings is 1. The van der Waals surface area contributed by atoms with Crippen LogP contribution < -0.4 is 0 Å². The predicted octanol–water partition coefficient (Wildman–Crippen LogP) is 1.99. The van der Waals surface area contributed by atoms with Crippen LogP contribution in [-0.2, 0) is 33.3 Å². The predicted molar refractivity (Wildman–Crippen MR) is 111 cm³/mol. The molecule has 12 heteroatoms. The van der Waals surface area contributed by atoms with Gasteiger partial charge in [-0.3, -0.25) is 14.9 Å². The van der Waals surface area contributed by atoms with Crippen LogP contribution in [0.25, 0.3) is 0 Å². The number of fused-ring (bicyclic) bond motifs is 1. The molecule has 0 aliphatic carbocycles. The number of halogens is 1. The standard InChI is InChI=1S/C20H21BrN2O9/c1-10-13(16(24)30-4)14(11-7-6-8-12(9-11)23(27)28)20(21,18(26)31-5)19(2)22(10)15(29-3)17(25)32-19/h6-9,14-15H,1-5H3/t14?,15-,19+,20+/m1/s1. The van der Waals surface area contributed by atoms with Gasteiger partial charge < -0.3 is 23.8 Å². The van der Waals surface area contributed by atoms with Gasteiger partial charge in [-0.05, 0) is 19.4 Å². The number of rotatable bonds is 5. The summed E-state index contributed by atoms with van der Waals surface area (Å²) in [5.41, 5.74) is -1.52. The van der Waals surface area contributed by atoms with Crippen molar-refractivity contribution in [2.45, 2.75) is 36.0 Å². The molecule has 4 atom stereocenters. The van der Waals surface area contributed by atoms with Crippen LogP contribution in [0.1, 0.15) is 25.3 Å². The second kappa shape index (κ2) is 8.17. The number of allylic oxidation sites excluding steroid dienone is 1. The normalized spacial score (nSPS) is 29.3. The Bertz CT molecular complexity index is 1040. The van der Waals surface area contributed by atoms with E-state index >= 15 is 0 Å². The zero-order valence-corrected chi connectivity index (χ0v) is 19.5. The molecule has 1 fully saturated rings. The average Bonchev–Trinajstić information content (AvgIpc) is 3.05. The maximum atomic E-state index is 13.3. The Labute approximate surface area is 191 Å². The molecule has 11 nitrogen and oxygen atoms in total. The smallest absolute Gasteiger partial charge is 0.358 e. The third-order valence-corrected chi connectivity index (χ3v) is 7.35. The van der Waals surface area contributed by atoms with E-state index in [0.717, 1.165) is 14.2 Å². The minimum atomic E-state index is -1.91. The number of nitrogens with zero attached hydrogens (tertiary/aromatic N) is 2. The van der Waals surface area contributed by atoms with Crippen LogP contribution in [-0.4, -0.2) is 65.3 Å². The molecule has 32 heavy (non-hydrogen) atoms. The summed E-state index contributed by atoms with van der Waals surface area (Å²) in [6, 6.07) is 5.47. The molecule has 1 saturated heterocycles. The molecule has 1 aromatic carbocycles. The molecule has 0 spiro atoms. The molecule has 1 aromatic rings. The van der Waals surface area contributed by atoms with Gasteiger partial charge in [0, 0.05) is 24.9 Å². The SMILES string of the molecule is COC(=O)C1=C(C)N2[C@H](OC)C(=O)O[C@@]2(C)[C@@](Br)(C(=O)OC)C1c1cccc([N+](=O)[O-])c1. The topological polar surface area (TPSA) is 135 Å². The lowest BCUT2D eigenvalue weighted by atomic mass is 9.71. The first kappa shape index (κ1) is 23.7. The maximum absolute atomic E-state index is 13.3. The number of hydrogen-bond acceptors (Lipinski definition) is 10. The summed E-state index contributed by atoms with van der Waals surface area (Å²) in [6.07, 6.45) is -1.26. The first-order valence-corrected chi connectivity index (χ1v) is 10.1. The van der Waals surface area contributed by atoms with Crippen LogP contribution in [0.3, 0.4) is 0 Å². The van der Waals surface area contributed by atoms with E-state index in [1.807, 2.05) is 0 Å². The molecular formula is C20H21BrN2O9. The van der Waals surface area contributed by atoms with Crippen molar-refractivity contribution < 1.29 is 38.3 Å². The summed E-state index contributed by atoms with van der Waals surface area (Å²) in [4.78, 5) is 51.1. The van der Waals surface area contributed by atoms with Gasteiger partial charge in [0.1, 0.15) is 0 Å². The number of carbonyl (C=O) groups is 3. The highest BCUT2D eigenvalue weighted by atomic mass is 79.9. The zero-order valence-electron chi connectivity index (χ0n) is 17.9. The van der Waals surface area contributed by atoms with E-state index < -0.39 is 45.0 Å². The Hall–Kier alpha value is -2.99. The lowest BCUT2D eigenvalue weighted by molar-refractivity contribution is -0.384. The molecule has 2 aliphatic rings. The van der Waals surface area contributed by atoms with Crippen LogP contribution in [0.4, 0.5) is 5.69 Å². The van der Waals surface area contributed by atoms with Crippen LogP contribution in [0.5, 0.6) is 0 Å². The van der Waals surface area contributed by atoms with E-state index in [2.05, 4.69) is 15.9 Å². The Balaban J connectivity index is 2.44. The molecule has 3 rings (SSSR count). The lowest BCUT2D eigenvalue weighted by Gasteiger charge is -2.52. The second-order valence-electron chi connectivity index (χ2n) is 7.34. The average molecular weight is 513 g/mol. The van der Waals surface area contributed by atoms with Gasteiger partial charge in [0.05, 0.1) is 30.6 Å². The van der Waals surface area contributed by atoms with Crippen molar-refractivity contribution in [2.75, 3.05) is 21.3 Å². The van der Waals surface area contributed by atoms with Gasteiger partial charge in [0.15, 0.2) is 4.32 Å². The monoisotopic (exact) mass is 512 g/mol. The Morgan fingerprint density at radius 1 is 1.25 bits per heavy atom. The molecule has 0 radical (unpaired) electrons. The summed E-state index contributed by atoms with van der Waals surface area (Å²) in [6.45, 7) is 3.02. The summed E-state index contributed by atoms with van der Waals surface area (Å²) in [5, 5.41) is 11.4. The molecule has 1 unspecified atom stereocenters. The quantitative estimate of drug-likeness (QED) is 0.189. The fourth-order valence-electron chi connectivity index (χ4n) is 4.42. The third-order valence-electron chi connectivity index (χ3n) is 5.83. The number of ether oxygens (including phenoxy) is 4. The number of esters is 3. The van der Waals surface area contributed by atoms with Crippen LogP contribution in [0, 0.1) is 10.1 Å². The first-order chi connectivity index (χ1) is 15.0. The molecular weight excluding hydrogens is 492 g/mol. The summed E-state index contributed by atoms with van der Waals surface area (Å²) >= 11 is 3.44. The highest BCUT2D eigenvalue weighted by Crippen LogP contribution is 2.59. The van der Waals surface area contributed by atoms with Crippen LogP contribution >= 0.6 is 15.9 Å². The van der Waals surface area contributed by atoms with Crippen LogP contribution in [0.2, 0.25) is 0 Å². The number of non-ortho nitro benzene ring substituents is 1. The number of methoxy groups -OCH3 is 3. The number of carbonyl (C=O) groups excluding carboxylic acids is 3. The lowest BCUT2D eigenvalue weighted by Crippen LogP contribution is -2.68. The molecule has 0 saturated carbocycles. The van der Waals surface area contributed by atoms with Crippen molar-refractivity contribution in [1.29, 1.82) is 0 Å². The highest BCUT2D eigenvalue weighted by Gasteiger charge is 2.73.